The van der Waals surface area contributed by atoms with Gasteiger partial charge in [0.1, 0.15) is 0 Å². The van der Waals surface area contributed by atoms with Crippen LogP contribution in [0.1, 0.15) is 13.3 Å². The van der Waals surface area contributed by atoms with Crippen molar-refractivity contribution in [3.8, 4) is 11.4 Å². The summed E-state index contributed by atoms with van der Waals surface area (Å²) in [6, 6.07) is 10.2. The minimum Gasteiger partial charge on any atom is -0.344 e. The summed E-state index contributed by atoms with van der Waals surface area (Å²) in [7, 11) is 0. The molecule has 0 aliphatic carbocycles. The first-order chi connectivity index (χ1) is 9.86. The Morgan fingerprint density at radius 1 is 1.10 bits per heavy atom. The molecule has 0 spiro atoms. The fraction of sp³-hybridized carbons (Fsp3) is 0.467. The minimum atomic E-state index is 0.849. The minimum absolute atomic E-state index is 0.849. The van der Waals surface area contributed by atoms with E-state index in [-0.39, 0.29) is 0 Å². The van der Waals surface area contributed by atoms with Gasteiger partial charge in [0, 0.05) is 43.3 Å². The summed E-state index contributed by atoms with van der Waals surface area (Å²) >= 11 is 1.51. The van der Waals surface area contributed by atoms with E-state index in [1.807, 2.05) is 18.2 Å². The van der Waals surface area contributed by atoms with Crippen LogP contribution in [0.2, 0.25) is 0 Å². The fourth-order valence-electron chi connectivity index (χ4n) is 2.53. The Labute approximate surface area is 124 Å². The Balaban J connectivity index is 1.66. The van der Waals surface area contributed by atoms with E-state index in [1.54, 1.807) is 0 Å². The smallest absolute Gasteiger partial charge is 0.205 e. The topological polar surface area (TPSA) is 32.3 Å². The molecule has 1 aliphatic heterocycles. The lowest BCUT2D eigenvalue weighted by Gasteiger charge is -2.34. The monoisotopic (exact) mass is 288 g/mol. The van der Waals surface area contributed by atoms with Crippen molar-refractivity contribution in [2.24, 2.45) is 0 Å². The van der Waals surface area contributed by atoms with Crippen LogP contribution < -0.4 is 4.90 Å². The van der Waals surface area contributed by atoms with Gasteiger partial charge in [0.2, 0.25) is 5.13 Å². The third kappa shape index (κ3) is 2.99. The summed E-state index contributed by atoms with van der Waals surface area (Å²) in [6.45, 7) is 7.83. The molecule has 2 aromatic rings. The summed E-state index contributed by atoms with van der Waals surface area (Å²) in [6.07, 6.45) is 1.23. The molecule has 1 aromatic carbocycles. The van der Waals surface area contributed by atoms with Crippen molar-refractivity contribution in [3.05, 3.63) is 30.3 Å². The van der Waals surface area contributed by atoms with Crippen LogP contribution in [0.25, 0.3) is 11.4 Å². The fourth-order valence-corrected chi connectivity index (χ4v) is 3.27. The highest BCUT2D eigenvalue weighted by Crippen LogP contribution is 2.24. The van der Waals surface area contributed by atoms with Crippen molar-refractivity contribution in [2.75, 3.05) is 37.6 Å². The predicted molar refractivity (Wildman–Crippen MR) is 84.3 cm³/mol. The molecule has 0 radical (unpaired) electrons. The van der Waals surface area contributed by atoms with Crippen LogP contribution in [0.3, 0.4) is 0 Å². The number of nitrogens with zero attached hydrogens (tertiary/aromatic N) is 4. The van der Waals surface area contributed by atoms with Gasteiger partial charge in [-0.05, 0) is 13.0 Å². The molecule has 0 unspecified atom stereocenters. The summed E-state index contributed by atoms with van der Waals surface area (Å²) in [5.41, 5.74) is 1.10. The number of piperazine rings is 1. The molecule has 0 bridgehead atoms. The molecule has 5 heteroatoms. The molecule has 1 aliphatic rings. The van der Waals surface area contributed by atoms with E-state index < -0.39 is 0 Å². The summed E-state index contributed by atoms with van der Waals surface area (Å²) in [4.78, 5) is 9.57. The Kier molecular flexibility index (Phi) is 4.28. The lowest BCUT2D eigenvalue weighted by atomic mass is 10.2. The Morgan fingerprint density at radius 3 is 2.55 bits per heavy atom. The zero-order valence-electron chi connectivity index (χ0n) is 11.8. The van der Waals surface area contributed by atoms with Crippen molar-refractivity contribution in [3.63, 3.8) is 0 Å². The van der Waals surface area contributed by atoms with Gasteiger partial charge in [-0.2, -0.15) is 9.36 Å². The first-order valence-corrected chi connectivity index (χ1v) is 8.00. The number of anilines is 1. The van der Waals surface area contributed by atoms with Gasteiger partial charge in [-0.15, -0.1) is 0 Å². The average Bonchev–Trinajstić information content (AvgIpc) is 2.99. The summed E-state index contributed by atoms with van der Waals surface area (Å²) < 4.78 is 4.49. The Hall–Kier alpha value is -1.46. The molecule has 1 saturated heterocycles. The molecule has 0 N–H and O–H groups in total. The SMILES string of the molecule is CCCN1CCN(c2nc(-c3ccccc3)ns2)CC1. The van der Waals surface area contributed by atoms with E-state index in [1.165, 1.54) is 24.5 Å². The van der Waals surface area contributed by atoms with Crippen LogP contribution in [0.4, 0.5) is 5.13 Å². The second-order valence-corrected chi connectivity index (χ2v) is 5.83. The van der Waals surface area contributed by atoms with Gasteiger partial charge in [0.25, 0.3) is 0 Å². The number of hydrogen-bond acceptors (Lipinski definition) is 5. The summed E-state index contributed by atoms with van der Waals surface area (Å²) in [5.74, 6) is 0.849. The largest absolute Gasteiger partial charge is 0.344 e. The van der Waals surface area contributed by atoms with E-state index in [9.17, 15) is 0 Å². The lowest BCUT2D eigenvalue weighted by Crippen LogP contribution is -2.46. The van der Waals surface area contributed by atoms with Gasteiger partial charge < -0.3 is 4.90 Å². The molecule has 0 saturated carbocycles. The maximum Gasteiger partial charge on any atom is 0.205 e. The highest BCUT2D eigenvalue weighted by atomic mass is 32.1. The van der Waals surface area contributed by atoms with Crippen molar-refractivity contribution < 1.29 is 0 Å². The standard InChI is InChI=1S/C15H20N4S/c1-2-8-18-9-11-19(12-10-18)15-16-14(17-20-15)13-6-4-3-5-7-13/h3-7H,2,8-12H2,1H3. The predicted octanol–water partition coefficient (Wildman–Crippen LogP) is 2.74. The molecule has 20 heavy (non-hydrogen) atoms. The van der Waals surface area contributed by atoms with E-state index in [0.29, 0.717) is 0 Å². The number of aromatic nitrogens is 2. The van der Waals surface area contributed by atoms with Crippen molar-refractivity contribution in [1.29, 1.82) is 0 Å². The molecule has 1 aromatic heterocycles. The number of hydrogen-bond donors (Lipinski definition) is 0. The van der Waals surface area contributed by atoms with Gasteiger partial charge in [0.15, 0.2) is 5.82 Å². The van der Waals surface area contributed by atoms with Crippen LogP contribution in [0.5, 0.6) is 0 Å². The van der Waals surface area contributed by atoms with Crippen molar-refractivity contribution >= 4 is 16.7 Å². The quantitative estimate of drug-likeness (QED) is 0.866. The highest BCUT2D eigenvalue weighted by molar-refractivity contribution is 7.09. The molecular weight excluding hydrogens is 268 g/mol. The maximum absolute atomic E-state index is 4.69. The molecule has 0 atom stereocenters. The zero-order valence-corrected chi connectivity index (χ0v) is 12.6. The highest BCUT2D eigenvalue weighted by Gasteiger charge is 2.19. The second kappa shape index (κ2) is 6.33. The van der Waals surface area contributed by atoms with Crippen LogP contribution in [0.15, 0.2) is 30.3 Å². The molecule has 106 valence electrons. The van der Waals surface area contributed by atoms with E-state index >= 15 is 0 Å². The third-order valence-corrected chi connectivity index (χ3v) is 4.41. The Morgan fingerprint density at radius 2 is 1.85 bits per heavy atom. The van der Waals surface area contributed by atoms with E-state index in [4.69, 9.17) is 4.98 Å². The molecular formula is C15H20N4S. The number of benzene rings is 1. The van der Waals surface area contributed by atoms with Crippen LogP contribution in [-0.2, 0) is 0 Å². The molecule has 2 heterocycles. The van der Waals surface area contributed by atoms with Gasteiger partial charge in [-0.1, -0.05) is 37.3 Å². The van der Waals surface area contributed by atoms with Crippen molar-refractivity contribution in [2.45, 2.75) is 13.3 Å². The molecule has 4 nitrogen and oxygen atoms in total. The zero-order chi connectivity index (χ0) is 13.8. The first-order valence-electron chi connectivity index (χ1n) is 7.23. The maximum atomic E-state index is 4.69. The molecule has 3 rings (SSSR count). The van der Waals surface area contributed by atoms with E-state index in [0.717, 1.165) is 42.7 Å². The Bertz CT molecular complexity index is 532. The lowest BCUT2D eigenvalue weighted by molar-refractivity contribution is 0.258. The molecule has 1 fully saturated rings. The van der Waals surface area contributed by atoms with Gasteiger partial charge in [-0.25, -0.2) is 0 Å². The number of rotatable bonds is 4. The van der Waals surface area contributed by atoms with Gasteiger partial charge in [0.05, 0.1) is 0 Å². The summed E-state index contributed by atoms with van der Waals surface area (Å²) in [5, 5.41) is 1.06. The third-order valence-electron chi connectivity index (χ3n) is 3.63. The van der Waals surface area contributed by atoms with Crippen LogP contribution in [0, 0.1) is 0 Å². The normalized spacial score (nSPS) is 16.6. The van der Waals surface area contributed by atoms with Crippen molar-refractivity contribution in [1.82, 2.24) is 14.3 Å². The van der Waals surface area contributed by atoms with Crippen LogP contribution in [-0.4, -0.2) is 47.0 Å². The molecule has 0 amide bonds. The van der Waals surface area contributed by atoms with Gasteiger partial charge in [-0.3, -0.25) is 4.90 Å². The first kappa shape index (κ1) is 13.5. The second-order valence-electron chi connectivity index (χ2n) is 5.10. The average molecular weight is 288 g/mol. The van der Waals surface area contributed by atoms with Crippen LogP contribution >= 0.6 is 11.5 Å². The van der Waals surface area contributed by atoms with Gasteiger partial charge >= 0.3 is 0 Å². The van der Waals surface area contributed by atoms with E-state index in [2.05, 4.69) is 33.2 Å².